The molecule has 0 N–H and O–H groups in total. The van der Waals surface area contributed by atoms with Crippen molar-refractivity contribution in [3.8, 4) is 0 Å². The largest absolute Gasteiger partial charge is 0.419 e. The van der Waals surface area contributed by atoms with Gasteiger partial charge in [0, 0.05) is 38.3 Å². The summed E-state index contributed by atoms with van der Waals surface area (Å²) >= 11 is 0. The van der Waals surface area contributed by atoms with E-state index in [9.17, 15) is 18.0 Å². The first-order valence-corrected chi connectivity index (χ1v) is 8.50. The van der Waals surface area contributed by atoms with Crippen LogP contribution >= 0.6 is 0 Å². The van der Waals surface area contributed by atoms with Crippen LogP contribution in [0.2, 0.25) is 0 Å². The molecule has 0 aliphatic carbocycles. The second kappa shape index (κ2) is 5.63. The van der Waals surface area contributed by atoms with Gasteiger partial charge in [0.05, 0.1) is 5.56 Å². The van der Waals surface area contributed by atoms with Crippen LogP contribution in [-0.4, -0.2) is 41.5 Å². The number of alkyl halides is 3. The maximum Gasteiger partial charge on any atom is 0.419 e. The molecule has 1 aromatic heterocycles. The molecule has 4 rings (SSSR count). The third-order valence-corrected chi connectivity index (χ3v) is 5.57. The van der Waals surface area contributed by atoms with E-state index in [1.165, 1.54) is 12.3 Å². The fourth-order valence-corrected chi connectivity index (χ4v) is 4.65. The van der Waals surface area contributed by atoms with Crippen LogP contribution in [0.5, 0.6) is 0 Å². The Morgan fingerprint density at radius 2 is 2.04 bits per heavy atom. The van der Waals surface area contributed by atoms with Crippen LogP contribution in [0.3, 0.4) is 0 Å². The molecule has 3 fully saturated rings. The number of amides is 1. The lowest BCUT2D eigenvalue weighted by Crippen LogP contribution is -2.60. The second-order valence-electron chi connectivity index (χ2n) is 7.14. The number of hydrogen-bond acceptors (Lipinski definition) is 3. The fraction of sp³-hybridized carbons (Fsp3) is 0.647. The Morgan fingerprint density at radius 1 is 1.21 bits per heavy atom. The van der Waals surface area contributed by atoms with E-state index in [1.807, 2.05) is 4.90 Å². The molecule has 0 unspecified atom stereocenters. The Kier molecular flexibility index (Phi) is 3.69. The van der Waals surface area contributed by atoms with Crippen molar-refractivity contribution < 1.29 is 18.0 Å². The van der Waals surface area contributed by atoms with Crippen LogP contribution in [-0.2, 0) is 11.0 Å². The van der Waals surface area contributed by atoms with E-state index >= 15 is 0 Å². The molecular formula is C17H20F3N3O. The summed E-state index contributed by atoms with van der Waals surface area (Å²) < 4.78 is 39.9. The number of rotatable bonds is 1. The highest BCUT2D eigenvalue weighted by molar-refractivity contribution is 5.77. The van der Waals surface area contributed by atoms with E-state index in [4.69, 9.17) is 0 Å². The molecule has 0 saturated carbocycles. The van der Waals surface area contributed by atoms with Gasteiger partial charge in [-0.15, -0.1) is 0 Å². The van der Waals surface area contributed by atoms with E-state index in [0.717, 1.165) is 25.3 Å². The number of hydrogen-bond donors (Lipinski definition) is 0. The molecule has 2 bridgehead atoms. The van der Waals surface area contributed by atoms with Crippen molar-refractivity contribution in [3.63, 3.8) is 0 Å². The fourth-order valence-electron chi connectivity index (χ4n) is 4.65. The van der Waals surface area contributed by atoms with E-state index in [-0.39, 0.29) is 29.6 Å². The number of aromatic nitrogens is 1. The SMILES string of the molecule is O=C1CCC[C@H]2[C@@H]3C[C@H](CN(c4ncccc4C(F)(F)F)C3)CN12. The van der Waals surface area contributed by atoms with E-state index in [0.29, 0.717) is 26.1 Å². The van der Waals surface area contributed by atoms with E-state index in [1.54, 1.807) is 4.90 Å². The molecule has 0 radical (unpaired) electrons. The lowest BCUT2D eigenvalue weighted by molar-refractivity contribution is -0.142. The van der Waals surface area contributed by atoms with E-state index < -0.39 is 11.7 Å². The molecule has 3 aliphatic rings. The molecule has 4 heterocycles. The zero-order chi connectivity index (χ0) is 16.9. The minimum atomic E-state index is -4.40. The first-order valence-electron chi connectivity index (χ1n) is 8.50. The number of pyridine rings is 1. The van der Waals surface area contributed by atoms with Crippen LogP contribution < -0.4 is 4.90 Å². The van der Waals surface area contributed by atoms with Gasteiger partial charge in [0.2, 0.25) is 5.91 Å². The summed E-state index contributed by atoms with van der Waals surface area (Å²) in [5.41, 5.74) is -0.665. The van der Waals surface area contributed by atoms with Gasteiger partial charge in [-0.2, -0.15) is 13.2 Å². The van der Waals surface area contributed by atoms with Gasteiger partial charge in [-0.05, 0) is 43.2 Å². The molecular weight excluding hydrogens is 319 g/mol. The predicted octanol–water partition coefficient (Wildman–Crippen LogP) is 2.94. The van der Waals surface area contributed by atoms with Gasteiger partial charge < -0.3 is 9.80 Å². The van der Waals surface area contributed by atoms with Crippen molar-refractivity contribution in [2.75, 3.05) is 24.5 Å². The zero-order valence-electron chi connectivity index (χ0n) is 13.3. The Balaban J connectivity index is 1.62. The molecule has 1 amide bonds. The molecule has 3 saturated heterocycles. The van der Waals surface area contributed by atoms with Crippen molar-refractivity contribution in [1.82, 2.24) is 9.88 Å². The summed E-state index contributed by atoms with van der Waals surface area (Å²) in [6.45, 7) is 1.75. The van der Waals surface area contributed by atoms with Gasteiger partial charge in [-0.3, -0.25) is 4.79 Å². The quantitative estimate of drug-likeness (QED) is 0.789. The lowest BCUT2D eigenvalue weighted by Gasteiger charge is -2.52. The van der Waals surface area contributed by atoms with Crippen LogP contribution in [0.4, 0.5) is 19.0 Å². The Morgan fingerprint density at radius 3 is 2.83 bits per heavy atom. The number of carbonyl (C=O) groups is 1. The van der Waals surface area contributed by atoms with Gasteiger partial charge in [0.15, 0.2) is 0 Å². The highest BCUT2D eigenvalue weighted by atomic mass is 19.4. The molecule has 24 heavy (non-hydrogen) atoms. The lowest BCUT2D eigenvalue weighted by atomic mass is 9.76. The number of halogens is 3. The van der Waals surface area contributed by atoms with Crippen molar-refractivity contribution in [2.24, 2.45) is 11.8 Å². The van der Waals surface area contributed by atoms with Crippen LogP contribution in [0.15, 0.2) is 18.3 Å². The highest BCUT2D eigenvalue weighted by Gasteiger charge is 2.45. The maximum absolute atomic E-state index is 13.3. The van der Waals surface area contributed by atoms with Gasteiger partial charge in [-0.1, -0.05) is 0 Å². The summed E-state index contributed by atoms with van der Waals surface area (Å²) in [4.78, 5) is 20.0. The van der Waals surface area contributed by atoms with Crippen LogP contribution in [0.1, 0.15) is 31.2 Å². The summed E-state index contributed by atoms with van der Waals surface area (Å²) in [7, 11) is 0. The number of carbonyl (C=O) groups excluding carboxylic acids is 1. The maximum atomic E-state index is 13.3. The first-order chi connectivity index (χ1) is 11.4. The van der Waals surface area contributed by atoms with Crippen LogP contribution in [0.25, 0.3) is 0 Å². The molecule has 130 valence electrons. The van der Waals surface area contributed by atoms with Crippen molar-refractivity contribution in [1.29, 1.82) is 0 Å². The Labute approximate surface area is 138 Å². The van der Waals surface area contributed by atoms with Gasteiger partial charge in [-0.25, -0.2) is 4.98 Å². The summed E-state index contributed by atoms with van der Waals surface area (Å²) in [6, 6.07) is 2.62. The highest BCUT2D eigenvalue weighted by Crippen LogP contribution is 2.41. The van der Waals surface area contributed by atoms with Crippen molar-refractivity contribution in [2.45, 2.75) is 37.9 Å². The monoisotopic (exact) mass is 339 g/mol. The number of anilines is 1. The normalized spacial score (nSPS) is 30.3. The van der Waals surface area contributed by atoms with Crippen molar-refractivity contribution in [3.05, 3.63) is 23.9 Å². The topological polar surface area (TPSA) is 36.4 Å². The third kappa shape index (κ3) is 2.63. The van der Waals surface area contributed by atoms with Crippen molar-refractivity contribution >= 4 is 11.7 Å². The Bertz CT molecular complexity index is 648. The van der Waals surface area contributed by atoms with Gasteiger partial charge in [0.1, 0.15) is 5.82 Å². The summed E-state index contributed by atoms with van der Waals surface area (Å²) in [6.07, 6.45) is 0.482. The molecule has 1 aromatic rings. The molecule has 0 spiro atoms. The third-order valence-electron chi connectivity index (χ3n) is 5.57. The molecule has 3 aliphatic heterocycles. The standard InChI is InChI=1S/C17H20F3N3O/c18-17(19,20)13-3-2-6-21-16(13)22-8-11-7-12(10-22)14-4-1-5-15(24)23(14)9-11/h2-3,6,11-12,14H,1,4-5,7-10H2/t11-,12-,14+/m1/s1. The summed E-state index contributed by atoms with van der Waals surface area (Å²) in [5.74, 6) is 0.716. The molecule has 0 aromatic carbocycles. The number of nitrogens with zero attached hydrogens (tertiary/aromatic N) is 3. The first kappa shape index (κ1) is 15.7. The van der Waals surface area contributed by atoms with Gasteiger partial charge in [0.25, 0.3) is 0 Å². The predicted molar refractivity (Wildman–Crippen MR) is 82.4 cm³/mol. The Hall–Kier alpha value is -1.79. The summed E-state index contributed by atoms with van der Waals surface area (Å²) in [5, 5.41) is 0. The van der Waals surface area contributed by atoms with E-state index in [2.05, 4.69) is 4.98 Å². The minimum Gasteiger partial charge on any atom is -0.355 e. The van der Waals surface area contributed by atoms with Gasteiger partial charge >= 0.3 is 6.18 Å². The second-order valence-corrected chi connectivity index (χ2v) is 7.14. The smallest absolute Gasteiger partial charge is 0.355 e. The average Bonchev–Trinajstić information content (AvgIpc) is 2.55. The number of piperidine rings is 3. The average molecular weight is 339 g/mol. The molecule has 4 nitrogen and oxygen atoms in total. The van der Waals surface area contributed by atoms with Crippen LogP contribution in [0, 0.1) is 11.8 Å². The number of fused-ring (bicyclic) bond motifs is 4. The minimum absolute atomic E-state index is 0.0373. The molecule has 3 atom stereocenters. The molecule has 7 heteroatoms. The zero-order valence-corrected chi connectivity index (χ0v) is 13.3.